The summed E-state index contributed by atoms with van der Waals surface area (Å²) in [5, 5.41) is 4.47. The maximum absolute atomic E-state index is 5.32. The number of methoxy groups -OCH3 is 1. The van der Waals surface area contributed by atoms with E-state index in [0.717, 1.165) is 25.1 Å². The number of hydrogen-bond acceptors (Lipinski definition) is 4. The van der Waals surface area contributed by atoms with Crippen molar-refractivity contribution in [2.75, 3.05) is 20.7 Å². The zero-order chi connectivity index (χ0) is 14.1. The van der Waals surface area contributed by atoms with E-state index in [2.05, 4.69) is 24.4 Å². The summed E-state index contributed by atoms with van der Waals surface area (Å²) >= 11 is 1.87. The van der Waals surface area contributed by atoms with E-state index in [4.69, 9.17) is 9.72 Å². The van der Waals surface area contributed by atoms with Crippen LogP contribution in [0.2, 0.25) is 0 Å². The Bertz CT molecular complexity index is 621. The second-order valence-corrected chi connectivity index (χ2v) is 6.42. The van der Waals surface area contributed by atoms with E-state index in [1.165, 1.54) is 26.7 Å². The molecule has 106 valence electrons. The summed E-state index contributed by atoms with van der Waals surface area (Å²) in [6.07, 6.45) is 2.18. The van der Waals surface area contributed by atoms with E-state index in [1.54, 1.807) is 7.11 Å². The van der Waals surface area contributed by atoms with Gasteiger partial charge in [-0.25, -0.2) is 4.98 Å². The fourth-order valence-corrected chi connectivity index (χ4v) is 3.87. The van der Waals surface area contributed by atoms with Crippen LogP contribution in [0, 0.1) is 0 Å². The van der Waals surface area contributed by atoms with Crippen LogP contribution in [-0.4, -0.2) is 25.7 Å². The molecule has 0 fully saturated rings. The lowest BCUT2D eigenvalue weighted by molar-refractivity contribution is 0.414. The van der Waals surface area contributed by atoms with Crippen LogP contribution < -0.4 is 10.1 Å². The second-order valence-electron chi connectivity index (χ2n) is 5.31. The molecule has 0 saturated heterocycles. The molecule has 1 heterocycles. The van der Waals surface area contributed by atoms with Crippen molar-refractivity contribution in [3.63, 3.8) is 0 Å². The first-order chi connectivity index (χ1) is 9.72. The minimum absolute atomic E-state index is 0.470. The zero-order valence-corrected chi connectivity index (χ0v) is 13.0. The highest BCUT2D eigenvalue weighted by Gasteiger charge is 2.22. The lowest BCUT2D eigenvalue weighted by atomic mass is 9.93. The monoisotopic (exact) mass is 288 g/mol. The summed E-state index contributed by atoms with van der Waals surface area (Å²) in [5.41, 5.74) is 3.83. The molecule has 0 amide bonds. The standard InChI is InChI=1S/C16H20N2OS/c1-10(9-17-2)16-18-15-13-6-5-12(19-3)8-11(13)4-7-14(15)20-16/h5-6,8,10,17H,4,7,9H2,1-3H3. The molecular formula is C16H20N2OS. The van der Waals surface area contributed by atoms with Gasteiger partial charge in [0.2, 0.25) is 0 Å². The first-order valence-electron chi connectivity index (χ1n) is 7.04. The van der Waals surface area contributed by atoms with E-state index in [-0.39, 0.29) is 0 Å². The van der Waals surface area contributed by atoms with Gasteiger partial charge < -0.3 is 10.1 Å². The van der Waals surface area contributed by atoms with E-state index in [9.17, 15) is 0 Å². The van der Waals surface area contributed by atoms with Crippen molar-refractivity contribution < 1.29 is 4.74 Å². The minimum Gasteiger partial charge on any atom is -0.497 e. The quantitative estimate of drug-likeness (QED) is 0.938. The van der Waals surface area contributed by atoms with Gasteiger partial charge in [-0.2, -0.15) is 0 Å². The van der Waals surface area contributed by atoms with Crippen LogP contribution in [0.15, 0.2) is 18.2 Å². The van der Waals surface area contributed by atoms with Crippen molar-refractivity contribution in [3.05, 3.63) is 33.6 Å². The Kier molecular flexibility index (Phi) is 3.76. The number of rotatable bonds is 4. The van der Waals surface area contributed by atoms with Crippen molar-refractivity contribution in [2.24, 2.45) is 0 Å². The van der Waals surface area contributed by atoms with Gasteiger partial charge in [0.05, 0.1) is 17.8 Å². The smallest absolute Gasteiger partial charge is 0.119 e. The highest BCUT2D eigenvalue weighted by atomic mass is 32.1. The molecule has 0 bridgehead atoms. The Morgan fingerprint density at radius 2 is 2.25 bits per heavy atom. The van der Waals surface area contributed by atoms with Crippen LogP contribution in [0.25, 0.3) is 11.3 Å². The molecule has 3 nitrogen and oxygen atoms in total. The Balaban J connectivity index is 1.99. The number of aryl methyl sites for hydroxylation is 2. The minimum atomic E-state index is 0.470. The molecule has 4 heteroatoms. The lowest BCUT2D eigenvalue weighted by Crippen LogP contribution is -2.14. The fourth-order valence-electron chi connectivity index (χ4n) is 2.74. The Labute approximate surface area is 124 Å². The number of nitrogens with zero attached hydrogens (tertiary/aromatic N) is 1. The molecule has 20 heavy (non-hydrogen) atoms. The highest BCUT2D eigenvalue weighted by Crippen LogP contribution is 2.39. The molecule has 1 aliphatic carbocycles. The zero-order valence-electron chi connectivity index (χ0n) is 12.2. The molecule has 1 N–H and O–H groups in total. The van der Waals surface area contributed by atoms with Crippen LogP contribution in [0.5, 0.6) is 5.75 Å². The topological polar surface area (TPSA) is 34.2 Å². The van der Waals surface area contributed by atoms with Crippen LogP contribution in [0.4, 0.5) is 0 Å². The molecule has 2 aromatic rings. The van der Waals surface area contributed by atoms with Crippen molar-refractivity contribution in [2.45, 2.75) is 25.7 Å². The summed E-state index contributed by atoms with van der Waals surface area (Å²) in [6, 6.07) is 6.33. The number of ether oxygens (including phenoxy) is 1. The van der Waals surface area contributed by atoms with E-state index < -0.39 is 0 Å². The number of aromatic nitrogens is 1. The van der Waals surface area contributed by atoms with Gasteiger partial charge >= 0.3 is 0 Å². The summed E-state index contributed by atoms with van der Waals surface area (Å²) in [4.78, 5) is 6.33. The van der Waals surface area contributed by atoms with Crippen LogP contribution in [0.1, 0.15) is 28.3 Å². The van der Waals surface area contributed by atoms with Gasteiger partial charge in [0.25, 0.3) is 0 Å². The normalized spacial score (nSPS) is 14.6. The molecule has 3 rings (SSSR count). The molecule has 0 saturated carbocycles. The third-order valence-electron chi connectivity index (χ3n) is 3.83. The van der Waals surface area contributed by atoms with E-state index in [0.29, 0.717) is 5.92 Å². The van der Waals surface area contributed by atoms with Gasteiger partial charge in [-0.3, -0.25) is 0 Å². The number of fused-ring (bicyclic) bond motifs is 3. The molecule has 1 aromatic heterocycles. The van der Waals surface area contributed by atoms with E-state index >= 15 is 0 Å². The predicted octanol–water partition coefficient (Wildman–Crippen LogP) is 3.24. The number of nitrogens with one attached hydrogen (secondary N) is 1. The lowest BCUT2D eigenvalue weighted by Gasteiger charge is -2.15. The van der Waals surface area contributed by atoms with Crippen molar-refractivity contribution in [1.29, 1.82) is 0 Å². The Morgan fingerprint density at radius 1 is 1.40 bits per heavy atom. The molecule has 1 aliphatic rings. The molecule has 1 aromatic carbocycles. The van der Waals surface area contributed by atoms with Crippen molar-refractivity contribution in [3.8, 4) is 17.0 Å². The number of thiazole rings is 1. The summed E-state index contributed by atoms with van der Waals surface area (Å²) in [6.45, 7) is 3.21. The number of hydrogen-bond donors (Lipinski definition) is 1. The Hall–Kier alpha value is -1.39. The SMILES string of the molecule is CNCC(C)c1nc2c(s1)CCc1cc(OC)ccc1-2. The molecule has 1 unspecified atom stereocenters. The van der Waals surface area contributed by atoms with Gasteiger partial charge in [0.15, 0.2) is 0 Å². The molecule has 0 aliphatic heterocycles. The largest absolute Gasteiger partial charge is 0.497 e. The second kappa shape index (κ2) is 5.54. The van der Waals surface area contributed by atoms with Gasteiger partial charge in [-0.15, -0.1) is 11.3 Å². The summed E-state index contributed by atoms with van der Waals surface area (Å²) in [5.74, 6) is 1.41. The number of benzene rings is 1. The first kappa shape index (κ1) is 13.6. The third kappa shape index (κ3) is 2.34. The van der Waals surface area contributed by atoms with Gasteiger partial charge in [0, 0.05) is 22.9 Å². The average molecular weight is 288 g/mol. The molecule has 0 spiro atoms. The highest BCUT2D eigenvalue weighted by molar-refractivity contribution is 7.12. The van der Waals surface area contributed by atoms with Gasteiger partial charge in [-0.1, -0.05) is 6.92 Å². The fraction of sp³-hybridized carbons (Fsp3) is 0.438. The van der Waals surface area contributed by atoms with E-state index in [1.807, 2.05) is 24.5 Å². The van der Waals surface area contributed by atoms with Crippen LogP contribution in [-0.2, 0) is 12.8 Å². The van der Waals surface area contributed by atoms with Crippen LogP contribution in [0.3, 0.4) is 0 Å². The maximum Gasteiger partial charge on any atom is 0.119 e. The summed E-state index contributed by atoms with van der Waals surface area (Å²) in [7, 11) is 3.71. The number of likely N-dealkylation sites (N-methyl/N-ethyl adjacent to an activating group) is 1. The predicted molar refractivity (Wildman–Crippen MR) is 83.9 cm³/mol. The van der Waals surface area contributed by atoms with Crippen LogP contribution >= 0.6 is 11.3 Å². The molecular weight excluding hydrogens is 268 g/mol. The van der Waals surface area contributed by atoms with Crippen molar-refractivity contribution >= 4 is 11.3 Å². The Morgan fingerprint density at radius 3 is 3.00 bits per heavy atom. The van der Waals surface area contributed by atoms with Crippen molar-refractivity contribution in [1.82, 2.24) is 10.3 Å². The average Bonchev–Trinajstić information content (AvgIpc) is 2.91. The third-order valence-corrected chi connectivity index (χ3v) is 5.18. The maximum atomic E-state index is 5.32. The van der Waals surface area contributed by atoms with Gasteiger partial charge in [-0.05, 0) is 43.7 Å². The van der Waals surface area contributed by atoms with Gasteiger partial charge in [0.1, 0.15) is 5.75 Å². The first-order valence-corrected chi connectivity index (χ1v) is 7.86. The molecule has 1 atom stereocenters. The summed E-state index contributed by atoms with van der Waals surface area (Å²) < 4.78 is 5.32. The molecule has 0 radical (unpaired) electrons.